The lowest BCUT2D eigenvalue weighted by molar-refractivity contribution is -0.132. The lowest BCUT2D eigenvalue weighted by Gasteiger charge is -2.24. The fourth-order valence-corrected chi connectivity index (χ4v) is 7.91. The van der Waals surface area contributed by atoms with E-state index in [9.17, 15) is 22.8 Å². The fraction of sp³-hybridized carbons (Fsp3) is 0.378. The number of sulfonamides is 1. The number of H-pyrrole nitrogens is 1. The average molecular weight is 673 g/mol. The molecule has 4 aromatic rings. The Hall–Kier alpha value is -4.64. The molecule has 48 heavy (non-hydrogen) atoms. The van der Waals surface area contributed by atoms with Crippen LogP contribution in [0.25, 0.3) is 21.7 Å². The molecular weight excluding hydrogens is 628 g/mol. The van der Waals surface area contributed by atoms with Crippen LogP contribution in [0.5, 0.6) is 0 Å². The fourth-order valence-electron chi connectivity index (χ4n) is 6.67. The summed E-state index contributed by atoms with van der Waals surface area (Å²) in [4.78, 5) is 39.9. The van der Waals surface area contributed by atoms with Crippen LogP contribution in [0.2, 0.25) is 0 Å². The van der Waals surface area contributed by atoms with Gasteiger partial charge in [-0.25, -0.2) is 17.9 Å². The molecule has 0 bridgehead atoms. The standard InChI is InChI=1S/C32H33N3O4S.C5H11NO2/c1-2-26-20-32(26,31(37)35-40(38,39)28-12-6-10-24-17-18-33-29(24)28)34-30(36)27-11-5-9-23(27)16-14-21-13-15-22-7-3-4-8-25(22)19-21;1-5(2,3)8-4(6)7/h2-4,6-8,10,12-13,15,17-19,23,26-27,33H,1,5,9,11,14,16,20H2,(H,34,36)(H,35,37);1-3H3,(H2,6,7)/t23-,26-,27?,32-;/m1./s1. The van der Waals surface area contributed by atoms with Crippen LogP contribution in [0, 0.1) is 17.8 Å². The largest absolute Gasteiger partial charge is 0.444 e. The summed E-state index contributed by atoms with van der Waals surface area (Å²) in [6.45, 7) is 9.09. The van der Waals surface area contributed by atoms with E-state index >= 15 is 0 Å². The maximum atomic E-state index is 13.6. The van der Waals surface area contributed by atoms with Gasteiger partial charge in [-0.15, -0.1) is 6.58 Å². The molecule has 3 amide bonds. The number of aromatic amines is 1. The molecule has 1 unspecified atom stereocenters. The molecule has 10 nitrogen and oxygen atoms in total. The highest BCUT2D eigenvalue weighted by Gasteiger charge is 2.61. The van der Waals surface area contributed by atoms with Crippen molar-refractivity contribution in [3.63, 3.8) is 0 Å². The summed E-state index contributed by atoms with van der Waals surface area (Å²) < 4.78 is 33.3. The van der Waals surface area contributed by atoms with E-state index in [1.807, 2.05) is 12.1 Å². The van der Waals surface area contributed by atoms with Crippen molar-refractivity contribution >= 4 is 49.6 Å². The normalized spacial score (nSPS) is 21.9. The summed E-state index contributed by atoms with van der Waals surface area (Å²) in [5.74, 6) is -1.23. The maximum absolute atomic E-state index is 13.6. The highest BCUT2D eigenvalue weighted by atomic mass is 32.2. The quantitative estimate of drug-likeness (QED) is 0.157. The third-order valence-electron chi connectivity index (χ3n) is 9.14. The van der Waals surface area contributed by atoms with Crippen molar-refractivity contribution in [3.05, 3.63) is 91.1 Å². The number of nitrogens with two attached hydrogens (primary N) is 1. The molecule has 0 radical (unpaired) electrons. The minimum atomic E-state index is -4.17. The number of benzene rings is 3. The predicted molar refractivity (Wildman–Crippen MR) is 186 cm³/mol. The molecule has 5 N–H and O–H groups in total. The number of fused-ring (bicyclic) bond motifs is 2. The zero-order valence-corrected chi connectivity index (χ0v) is 28.4. The topological polar surface area (TPSA) is 160 Å². The molecule has 254 valence electrons. The van der Waals surface area contributed by atoms with Gasteiger partial charge in [-0.05, 0) is 87.3 Å². The van der Waals surface area contributed by atoms with Crippen LogP contribution in [-0.4, -0.2) is 42.4 Å². The van der Waals surface area contributed by atoms with Gasteiger partial charge in [0.1, 0.15) is 16.0 Å². The third-order valence-corrected chi connectivity index (χ3v) is 10.5. The summed E-state index contributed by atoms with van der Waals surface area (Å²) in [5.41, 5.74) is 4.64. The lowest BCUT2D eigenvalue weighted by Crippen LogP contribution is -2.53. The number of aromatic nitrogens is 1. The van der Waals surface area contributed by atoms with Crippen molar-refractivity contribution in [3.8, 4) is 0 Å². The van der Waals surface area contributed by atoms with Gasteiger partial charge in [-0.1, -0.05) is 67.1 Å². The van der Waals surface area contributed by atoms with Crippen LogP contribution in [0.4, 0.5) is 4.79 Å². The highest BCUT2D eigenvalue weighted by Crippen LogP contribution is 2.46. The molecule has 2 aliphatic carbocycles. The van der Waals surface area contributed by atoms with Gasteiger partial charge in [0.2, 0.25) is 5.91 Å². The van der Waals surface area contributed by atoms with Gasteiger partial charge in [0.15, 0.2) is 0 Å². The van der Waals surface area contributed by atoms with E-state index in [1.54, 1.807) is 51.2 Å². The molecule has 0 spiro atoms. The number of rotatable bonds is 9. The van der Waals surface area contributed by atoms with E-state index in [1.165, 1.54) is 22.4 Å². The van der Waals surface area contributed by atoms with Gasteiger partial charge < -0.3 is 20.8 Å². The first-order valence-electron chi connectivity index (χ1n) is 16.3. The molecular formula is C37H44N4O6S. The number of amides is 3. The maximum Gasteiger partial charge on any atom is 0.405 e. The number of carbonyl (C=O) groups excluding carboxylic acids is 3. The van der Waals surface area contributed by atoms with Crippen LogP contribution < -0.4 is 15.8 Å². The van der Waals surface area contributed by atoms with E-state index in [4.69, 9.17) is 5.73 Å². The van der Waals surface area contributed by atoms with Crippen LogP contribution in [-0.2, 0) is 30.8 Å². The predicted octanol–water partition coefficient (Wildman–Crippen LogP) is 6.12. The summed E-state index contributed by atoms with van der Waals surface area (Å²) in [7, 11) is -4.17. The number of carbonyl (C=O) groups is 3. The van der Waals surface area contributed by atoms with Crippen LogP contribution in [0.3, 0.4) is 0 Å². The highest BCUT2D eigenvalue weighted by molar-refractivity contribution is 7.90. The van der Waals surface area contributed by atoms with Crippen molar-refractivity contribution in [1.29, 1.82) is 0 Å². The summed E-state index contributed by atoms with van der Waals surface area (Å²) >= 11 is 0. The van der Waals surface area contributed by atoms with Crippen LogP contribution in [0.1, 0.15) is 58.4 Å². The molecule has 2 fully saturated rings. The SMILES string of the molecule is C=C[C@@H]1C[C@]1(NC(=O)C1CCC[C@@H]1CCc1ccc2ccccc2c1)C(=O)NS(=O)(=O)c1cccc2cc[nH]c12.CC(C)(C)OC(N)=O. The Bertz CT molecular complexity index is 1950. The van der Waals surface area contributed by atoms with Crippen molar-refractivity contribution in [2.45, 2.75) is 75.3 Å². The molecule has 3 aromatic carbocycles. The first-order valence-corrected chi connectivity index (χ1v) is 17.7. The smallest absolute Gasteiger partial charge is 0.405 e. The minimum Gasteiger partial charge on any atom is -0.444 e. The van der Waals surface area contributed by atoms with Crippen LogP contribution in [0.15, 0.2) is 90.5 Å². The average Bonchev–Trinajstić information content (AvgIpc) is 3.31. The number of nitrogens with one attached hydrogen (secondary N) is 3. The summed E-state index contributed by atoms with van der Waals surface area (Å²) in [5, 5.41) is 6.12. The number of para-hydroxylation sites is 1. The minimum absolute atomic E-state index is 0.00910. The van der Waals surface area contributed by atoms with Gasteiger partial charge in [0.25, 0.3) is 15.9 Å². The van der Waals surface area contributed by atoms with Gasteiger partial charge in [-0.2, -0.15) is 0 Å². The van der Waals surface area contributed by atoms with Gasteiger partial charge in [-0.3, -0.25) is 9.59 Å². The Balaban J connectivity index is 0.000000503. The molecule has 1 heterocycles. The number of hydrogen-bond acceptors (Lipinski definition) is 6. The first-order chi connectivity index (χ1) is 22.7. The van der Waals surface area contributed by atoms with Crippen molar-refractivity contribution in [2.24, 2.45) is 23.5 Å². The Labute approximate surface area is 281 Å². The van der Waals surface area contributed by atoms with Gasteiger partial charge in [0, 0.05) is 23.4 Å². The number of hydrogen-bond donors (Lipinski definition) is 4. The summed E-state index contributed by atoms with van der Waals surface area (Å²) in [6.07, 6.45) is 7.31. The Morgan fingerprint density at radius 1 is 1.02 bits per heavy atom. The Kier molecular flexibility index (Phi) is 10.0. The molecule has 0 aliphatic heterocycles. The number of aryl methyl sites for hydroxylation is 1. The van der Waals surface area contributed by atoms with Crippen molar-refractivity contribution < 1.29 is 27.5 Å². The Morgan fingerprint density at radius 3 is 2.42 bits per heavy atom. The van der Waals surface area contributed by atoms with Gasteiger partial charge >= 0.3 is 6.09 Å². The van der Waals surface area contributed by atoms with Gasteiger partial charge in [0.05, 0.1) is 5.52 Å². The van der Waals surface area contributed by atoms with E-state index in [0.717, 1.165) is 37.5 Å². The van der Waals surface area contributed by atoms with E-state index < -0.39 is 33.2 Å². The third kappa shape index (κ3) is 7.90. The van der Waals surface area contributed by atoms with Crippen molar-refractivity contribution in [2.75, 3.05) is 0 Å². The molecule has 11 heteroatoms. The molecule has 6 rings (SSSR count). The van der Waals surface area contributed by atoms with Crippen molar-refractivity contribution in [1.82, 2.24) is 15.0 Å². The summed E-state index contributed by atoms with van der Waals surface area (Å²) in [6, 6.07) is 21.4. The second-order valence-electron chi connectivity index (χ2n) is 13.7. The first kappa shape index (κ1) is 34.7. The zero-order valence-electron chi connectivity index (χ0n) is 27.6. The second-order valence-corrected chi connectivity index (χ2v) is 15.3. The van der Waals surface area contributed by atoms with E-state index in [0.29, 0.717) is 11.9 Å². The molecule has 4 atom stereocenters. The zero-order chi connectivity index (χ0) is 34.7. The Morgan fingerprint density at radius 2 is 1.75 bits per heavy atom. The van der Waals surface area contributed by atoms with E-state index in [2.05, 4.69) is 56.7 Å². The van der Waals surface area contributed by atoms with Crippen LogP contribution >= 0.6 is 0 Å². The molecule has 0 saturated heterocycles. The number of ether oxygens (including phenoxy) is 1. The molecule has 2 saturated carbocycles. The lowest BCUT2D eigenvalue weighted by atomic mass is 9.88. The second kappa shape index (κ2) is 13.8. The molecule has 1 aromatic heterocycles. The van der Waals surface area contributed by atoms with E-state index in [-0.39, 0.29) is 28.6 Å². The monoisotopic (exact) mass is 672 g/mol. The number of primary amides is 1. The molecule has 2 aliphatic rings.